The van der Waals surface area contributed by atoms with Crippen molar-refractivity contribution in [1.82, 2.24) is 19.9 Å². The van der Waals surface area contributed by atoms with Gasteiger partial charge < -0.3 is 0 Å². The summed E-state index contributed by atoms with van der Waals surface area (Å²) in [6.07, 6.45) is 0. The van der Waals surface area contributed by atoms with E-state index in [0.717, 1.165) is 0 Å². The van der Waals surface area contributed by atoms with Gasteiger partial charge in [-0.25, -0.2) is 9.59 Å². The van der Waals surface area contributed by atoms with E-state index < -0.39 is 16.9 Å². The molecule has 2 heterocycles. The largest absolute Gasteiger partial charge is 0.327 e. The maximum absolute atomic E-state index is 10.9. The van der Waals surface area contributed by atoms with Crippen LogP contribution in [-0.4, -0.2) is 57.7 Å². The summed E-state index contributed by atoms with van der Waals surface area (Å²) in [6, 6.07) is 0. The van der Waals surface area contributed by atoms with E-state index in [1.807, 2.05) is 4.98 Å². The average Bonchev–Trinajstić information content (AvgIpc) is 2.29. The molecule has 4 N–H and O–H groups in total. The second-order valence-electron chi connectivity index (χ2n) is 2.24. The Morgan fingerprint density at radius 1 is 0.786 bits per heavy atom. The first-order valence-electron chi connectivity index (χ1n) is 3.11. The fourth-order valence-corrected chi connectivity index (χ4v) is 0.958. The molecular weight excluding hydrogens is 235 g/mol. The van der Waals surface area contributed by atoms with Gasteiger partial charge in [0.05, 0.1) is 0 Å². The van der Waals surface area contributed by atoms with Crippen LogP contribution < -0.4 is 16.9 Å². The Kier molecular flexibility index (Phi) is 4.80. The molecule has 2 radical (unpaired) electrons. The zero-order valence-corrected chi connectivity index (χ0v) is 10.8. The topological polar surface area (TPSA) is 114 Å². The van der Waals surface area contributed by atoms with E-state index in [0.29, 0.717) is 0 Å². The van der Waals surface area contributed by atoms with Gasteiger partial charge in [-0.05, 0) is 0 Å². The van der Waals surface area contributed by atoms with Gasteiger partial charge in [-0.2, -0.15) is 9.90 Å². The standard InChI is InChI=1S/C5H4N4O3.Ca.H3P/c10-3-1-2(7-4(11)6-1)8-5(12)9-3;;/h(H4,6,7,8,9,10,11,12);;1H3. The number of hydrogen-bond donors (Lipinski definition) is 4. The zero-order valence-electron chi connectivity index (χ0n) is 7.14. The molecule has 0 fully saturated rings. The fourth-order valence-electron chi connectivity index (χ4n) is 0.958. The second kappa shape index (κ2) is 4.93. The van der Waals surface area contributed by atoms with Crippen molar-refractivity contribution in [1.29, 1.82) is 0 Å². The summed E-state index contributed by atoms with van der Waals surface area (Å²) in [5.41, 5.74) is -1.65. The maximum Gasteiger partial charge on any atom is 0.327 e. The number of aromatic amines is 4. The zero-order chi connectivity index (χ0) is 8.72. The molecule has 2 aromatic heterocycles. The number of aromatic nitrogens is 4. The summed E-state index contributed by atoms with van der Waals surface area (Å²) in [5.74, 6) is 0. The molecule has 0 saturated carbocycles. The first kappa shape index (κ1) is 13.6. The van der Waals surface area contributed by atoms with Crippen LogP contribution in [0.5, 0.6) is 0 Å². The Morgan fingerprint density at radius 2 is 1.29 bits per heavy atom. The molecule has 0 bridgehead atoms. The molecular formula is C5H7CaN4O3P. The summed E-state index contributed by atoms with van der Waals surface area (Å²) in [4.78, 5) is 41.0. The third-order valence-corrected chi connectivity index (χ3v) is 1.42. The van der Waals surface area contributed by atoms with Gasteiger partial charge in [0.2, 0.25) is 0 Å². The normalized spacial score (nSPS) is 9.14. The van der Waals surface area contributed by atoms with E-state index >= 15 is 0 Å². The van der Waals surface area contributed by atoms with E-state index in [9.17, 15) is 14.4 Å². The van der Waals surface area contributed by atoms with Gasteiger partial charge in [-0.1, -0.05) is 0 Å². The Bertz CT molecular complexity index is 593. The van der Waals surface area contributed by atoms with Crippen LogP contribution in [0.4, 0.5) is 0 Å². The number of imidazole rings is 1. The first-order chi connectivity index (χ1) is 5.66. The Labute approximate surface area is 109 Å². The van der Waals surface area contributed by atoms with Crippen molar-refractivity contribution in [3.8, 4) is 0 Å². The van der Waals surface area contributed by atoms with Gasteiger partial charge in [0.1, 0.15) is 11.2 Å². The summed E-state index contributed by atoms with van der Waals surface area (Å²) in [5, 5.41) is 0. The predicted molar refractivity (Wildman–Crippen MR) is 57.0 cm³/mol. The molecule has 0 aliphatic heterocycles. The average molecular weight is 242 g/mol. The molecule has 2 rings (SSSR count). The molecule has 0 spiro atoms. The molecule has 7 nitrogen and oxygen atoms in total. The van der Waals surface area contributed by atoms with Crippen LogP contribution in [0.2, 0.25) is 0 Å². The van der Waals surface area contributed by atoms with Crippen molar-refractivity contribution >= 4 is 58.8 Å². The molecule has 2 aromatic rings. The van der Waals surface area contributed by atoms with Gasteiger partial charge in [0.25, 0.3) is 5.56 Å². The van der Waals surface area contributed by atoms with Crippen molar-refractivity contribution in [2.75, 3.05) is 0 Å². The minimum absolute atomic E-state index is 0. The molecule has 14 heavy (non-hydrogen) atoms. The van der Waals surface area contributed by atoms with Crippen molar-refractivity contribution < 1.29 is 0 Å². The molecule has 72 valence electrons. The van der Waals surface area contributed by atoms with Crippen LogP contribution in [-0.2, 0) is 0 Å². The number of rotatable bonds is 0. The number of hydrogen-bond acceptors (Lipinski definition) is 3. The van der Waals surface area contributed by atoms with Crippen LogP contribution in [0.3, 0.4) is 0 Å². The molecule has 0 aromatic carbocycles. The van der Waals surface area contributed by atoms with Crippen LogP contribution in [0.1, 0.15) is 0 Å². The second-order valence-corrected chi connectivity index (χ2v) is 2.24. The van der Waals surface area contributed by atoms with E-state index in [4.69, 9.17) is 0 Å². The quantitative estimate of drug-likeness (QED) is 0.313. The van der Waals surface area contributed by atoms with E-state index in [-0.39, 0.29) is 58.8 Å². The Hall–Kier alpha value is -0.360. The summed E-state index contributed by atoms with van der Waals surface area (Å²) in [7, 11) is 0. The van der Waals surface area contributed by atoms with E-state index in [2.05, 4.69) is 15.0 Å². The molecule has 9 heteroatoms. The fraction of sp³-hybridized carbons (Fsp3) is 0. The van der Waals surface area contributed by atoms with Gasteiger partial charge in [0, 0.05) is 37.7 Å². The van der Waals surface area contributed by atoms with Crippen molar-refractivity contribution in [3.63, 3.8) is 0 Å². The minimum Gasteiger partial charge on any atom is -0.300 e. The monoisotopic (exact) mass is 242 g/mol. The van der Waals surface area contributed by atoms with Crippen LogP contribution in [0.15, 0.2) is 14.4 Å². The van der Waals surface area contributed by atoms with Crippen molar-refractivity contribution in [3.05, 3.63) is 31.3 Å². The molecule has 1 unspecified atom stereocenters. The SMILES string of the molecule is O=c1[nH]c(=O)c2[nH]c(=O)[nH]c2[nH]1.P.[Ca]. The van der Waals surface area contributed by atoms with Crippen LogP contribution >= 0.6 is 9.90 Å². The maximum atomic E-state index is 10.9. The smallest absolute Gasteiger partial charge is 0.300 e. The van der Waals surface area contributed by atoms with E-state index in [1.54, 1.807) is 0 Å². The van der Waals surface area contributed by atoms with Crippen molar-refractivity contribution in [2.45, 2.75) is 0 Å². The summed E-state index contributed by atoms with van der Waals surface area (Å²) in [6.45, 7) is 0. The van der Waals surface area contributed by atoms with Gasteiger partial charge in [-0.15, -0.1) is 0 Å². The first-order valence-corrected chi connectivity index (χ1v) is 3.11. The molecule has 0 saturated heterocycles. The summed E-state index contributed by atoms with van der Waals surface area (Å²) >= 11 is 0. The van der Waals surface area contributed by atoms with Crippen LogP contribution in [0, 0.1) is 0 Å². The number of fused-ring (bicyclic) bond motifs is 1. The molecule has 0 amide bonds. The predicted octanol–water partition coefficient (Wildman–Crippen LogP) is -2.09. The number of nitrogens with one attached hydrogen (secondary N) is 4. The Balaban J connectivity index is 0.000000845. The van der Waals surface area contributed by atoms with Gasteiger partial charge in [0.15, 0.2) is 0 Å². The third-order valence-electron chi connectivity index (χ3n) is 1.42. The summed E-state index contributed by atoms with van der Waals surface area (Å²) < 4.78 is 0. The Morgan fingerprint density at radius 3 is 1.86 bits per heavy atom. The third kappa shape index (κ3) is 2.36. The van der Waals surface area contributed by atoms with Gasteiger partial charge in [-0.3, -0.25) is 24.7 Å². The minimum atomic E-state index is -0.650. The van der Waals surface area contributed by atoms with Gasteiger partial charge >= 0.3 is 11.4 Å². The van der Waals surface area contributed by atoms with Crippen molar-refractivity contribution in [2.24, 2.45) is 0 Å². The van der Waals surface area contributed by atoms with E-state index in [1.165, 1.54) is 0 Å². The molecule has 0 aliphatic rings. The molecule has 0 aliphatic carbocycles. The number of H-pyrrole nitrogens is 4. The molecule has 1 atom stereocenters. The van der Waals surface area contributed by atoms with Crippen LogP contribution in [0.25, 0.3) is 11.2 Å².